The molecule has 0 atom stereocenters. The van der Waals surface area contributed by atoms with Gasteiger partial charge in [0.1, 0.15) is 12.0 Å². The summed E-state index contributed by atoms with van der Waals surface area (Å²) in [6, 6.07) is 9.68. The van der Waals surface area contributed by atoms with Crippen LogP contribution in [0.15, 0.2) is 41.0 Å². The number of amides is 1. The standard InChI is InChI=1S/C17H21N3O2S.2ClH/c18-10-16-9-14(12-22-16)17(21)19-15-3-1-2-13(8-15)11-20-4-6-23-7-5-20;;/h1-3,8-9,12H,4-7,10-11,18H2,(H,19,21);2*1H. The first-order valence-electron chi connectivity index (χ1n) is 7.72. The number of anilines is 1. The number of thioether (sulfide) groups is 1. The Labute approximate surface area is 164 Å². The molecule has 5 nitrogen and oxygen atoms in total. The van der Waals surface area contributed by atoms with Gasteiger partial charge in [0, 0.05) is 36.8 Å². The lowest BCUT2D eigenvalue weighted by atomic mass is 10.1. The van der Waals surface area contributed by atoms with Crippen LogP contribution in [0.3, 0.4) is 0 Å². The molecule has 0 saturated carbocycles. The molecule has 2 aromatic rings. The van der Waals surface area contributed by atoms with Crippen molar-refractivity contribution in [2.24, 2.45) is 5.73 Å². The normalized spacial score (nSPS) is 14.3. The molecule has 0 radical (unpaired) electrons. The first-order valence-corrected chi connectivity index (χ1v) is 8.88. The Balaban J connectivity index is 0.00000156. The van der Waals surface area contributed by atoms with Crippen LogP contribution in [0, 0.1) is 0 Å². The molecular formula is C17H23Cl2N3O2S. The third-order valence-corrected chi connectivity index (χ3v) is 4.75. The zero-order valence-corrected chi connectivity index (χ0v) is 16.2. The molecule has 1 fully saturated rings. The van der Waals surface area contributed by atoms with E-state index in [2.05, 4.69) is 16.3 Å². The molecule has 1 amide bonds. The van der Waals surface area contributed by atoms with E-state index >= 15 is 0 Å². The van der Waals surface area contributed by atoms with Crippen molar-refractivity contribution >= 4 is 48.2 Å². The maximum Gasteiger partial charge on any atom is 0.258 e. The molecular weight excluding hydrogens is 381 g/mol. The van der Waals surface area contributed by atoms with Crippen LogP contribution < -0.4 is 11.1 Å². The molecule has 3 N–H and O–H groups in total. The van der Waals surface area contributed by atoms with Gasteiger partial charge in [-0.1, -0.05) is 12.1 Å². The number of nitrogens with two attached hydrogens (primary N) is 1. The van der Waals surface area contributed by atoms with E-state index in [1.165, 1.54) is 23.3 Å². The van der Waals surface area contributed by atoms with Gasteiger partial charge in [-0.2, -0.15) is 11.8 Å². The van der Waals surface area contributed by atoms with Crippen LogP contribution in [0.5, 0.6) is 0 Å². The number of nitrogens with one attached hydrogen (secondary N) is 1. The predicted molar refractivity (Wildman–Crippen MR) is 108 cm³/mol. The van der Waals surface area contributed by atoms with E-state index in [4.69, 9.17) is 10.2 Å². The Hall–Kier alpha value is -1.18. The summed E-state index contributed by atoms with van der Waals surface area (Å²) < 4.78 is 5.20. The average molecular weight is 404 g/mol. The Morgan fingerprint density at radius 1 is 1.24 bits per heavy atom. The Morgan fingerprint density at radius 3 is 2.68 bits per heavy atom. The number of nitrogens with zero attached hydrogens (tertiary/aromatic N) is 1. The van der Waals surface area contributed by atoms with Crippen molar-refractivity contribution in [3.63, 3.8) is 0 Å². The van der Waals surface area contributed by atoms with Gasteiger partial charge >= 0.3 is 0 Å². The van der Waals surface area contributed by atoms with E-state index in [0.29, 0.717) is 11.3 Å². The smallest absolute Gasteiger partial charge is 0.258 e. The zero-order chi connectivity index (χ0) is 16.1. The molecule has 25 heavy (non-hydrogen) atoms. The molecule has 138 valence electrons. The van der Waals surface area contributed by atoms with Gasteiger partial charge in [-0.3, -0.25) is 9.69 Å². The Bertz CT molecular complexity index is 675. The van der Waals surface area contributed by atoms with E-state index in [0.717, 1.165) is 25.3 Å². The summed E-state index contributed by atoms with van der Waals surface area (Å²) in [5.74, 6) is 2.81. The Morgan fingerprint density at radius 2 is 2.00 bits per heavy atom. The fourth-order valence-electron chi connectivity index (χ4n) is 2.57. The number of carbonyl (C=O) groups is 1. The number of hydrogen-bond donors (Lipinski definition) is 2. The van der Waals surface area contributed by atoms with Crippen molar-refractivity contribution in [2.45, 2.75) is 13.1 Å². The van der Waals surface area contributed by atoms with E-state index in [9.17, 15) is 4.79 Å². The first-order chi connectivity index (χ1) is 11.2. The SMILES string of the molecule is Cl.Cl.NCc1cc(C(=O)Nc2cccc(CN3CCSCC3)c2)co1. The predicted octanol–water partition coefficient (Wildman–Crippen LogP) is 3.38. The monoisotopic (exact) mass is 403 g/mol. The maximum atomic E-state index is 12.2. The van der Waals surface area contributed by atoms with E-state index < -0.39 is 0 Å². The van der Waals surface area contributed by atoms with Crippen molar-refractivity contribution < 1.29 is 9.21 Å². The van der Waals surface area contributed by atoms with Crippen LogP contribution in [0.25, 0.3) is 0 Å². The minimum Gasteiger partial charge on any atom is -0.467 e. The highest BCUT2D eigenvalue weighted by Gasteiger charge is 2.12. The largest absolute Gasteiger partial charge is 0.467 e. The van der Waals surface area contributed by atoms with Crippen LogP contribution in [-0.2, 0) is 13.1 Å². The van der Waals surface area contributed by atoms with Gasteiger partial charge in [0.05, 0.1) is 12.1 Å². The zero-order valence-electron chi connectivity index (χ0n) is 13.8. The van der Waals surface area contributed by atoms with Crippen molar-refractivity contribution in [1.82, 2.24) is 4.90 Å². The minimum atomic E-state index is -0.181. The molecule has 0 spiro atoms. The lowest BCUT2D eigenvalue weighted by molar-refractivity contribution is 0.102. The summed E-state index contributed by atoms with van der Waals surface area (Å²) in [4.78, 5) is 14.7. The Kier molecular flexibility index (Phi) is 9.38. The fraction of sp³-hybridized carbons (Fsp3) is 0.353. The van der Waals surface area contributed by atoms with Crippen molar-refractivity contribution in [3.05, 3.63) is 53.5 Å². The first kappa shape index (κ1) is 21.9. The maximum absolute atomic E-state index is 12.2. The highest BCUT2D eigenvalue weighted by molar-refractivity contribution is 7.99. The average Bonchev–Trinajstić information content (AvgIpc) is 3.05. The van der Waals surface area contributed by atoms with Gasteiger partial charge in [-0.15, -0.1) is 24.8 Å². The molecule has 1 aliphatic heterocycles. The van der Waals surface area contributed by atoms with Crippen LogP contribution in [0.4, 0.5) is 5.69 Å². The molecule has 8 heteroatoms. The van der Waals surface area contributed by atoms with Crippen molar-refractivity contribution in [2.75, 3.05) is 29.9 Å². The molecule has 1 aromatic heterocycles. The molecule has 2 heterocycles. The third-order valence-electron chi connectivity index (χ3n) is 3.81. The van der Waals surface area contributed by atoms with Gasteiger partial charge in [-0.25, -0.2) is 0 Å². The quantitative estimate of drug-likeness (QED) is 0.800. The summed E-state index contributed by atoms with van der Waals surface area (Å²) in [5.41, 5.74) is 8.00. The van der Waals surface area contributed by atoms with Crippen LogP contribution in [0.1, 0.15) is 21.7 Å². The number of rotatable bonds is 5. The molecule has 3 rings (SSSR count). The number of benzene rings is 1. The van der Waals surface area contributed by atoms with Gasteiger partial charge in [-0.05, 0) is 23.8 Å². The second-order valence-corrected chi connectivity index (χ2v) is 6.77. The molecule has 1 aliphatic rings. The summed E-state index contributed by atoms with van der Waals surface area (Å²) in [5, 5.41) is 2.91. The van der Waals surface area contributed by atoms with Crippen molar-refractivity contribution in [1.29, 1.82) is 0 Å². The summed E-state index contributed by atoms with van der Waals surface area (Å²) >= 11 is 2.01. The number of hydrogen-bond acceptors (Lipinski definition) is 5. The second kappa shape index (κ2) is 10.7. The topological polar surface area (TPSA) is 71.5 Å². The van der Waals surface area contributed by atoms with Crippen LogP contribution in [-0.4, -0.2) is 35.4 Å². The fourth-order valence-corrected chi connectivity index (χ4v) is 3.55. The number of halogens is 2. The van der Waals surface area contributed by atoms with E-state index in [1.54, 1.807) is 6.07 Å². The van der Waals surface area contributed by atoms with Gasteiger partial charge in [0.25, 0.3) is 5.91 Å². The summed E-state index contributed by atoms with van der Waals surface area (Å²) in [6.07, 6.45) is 1.44. The molecule has 1 aromatic carbocycles. The molecule has 1 saturated heterocycles. The minimum absolute atomic E-state index is 0. The lowest BCUT2D eigenvalue weighted by Gasteiger charge is -2.26. The summed E-state index contributed by atoms with van der Waals surface area (Å²) in [6.45, 7) is 3.46. The molecule has 0 unspecified atom stereocenters. The van der Waals surface area contributed by atoms with Crippen LogP contribution in [0.2, 0.25) is 0 Å². The van der Waals surface area contributed by atoms with Gasteiger partial charge in [0.2, 0.25) is 0 Å². The lowest BCUT2D eigenvalue weighted by Crippen LogP contribution is -2.31. The van der Waals surface area contributed by atoms with E-state index in [1.807, 2.05) is 30.0 Å². The van der Waals surface area contributed by atoms with E-state index in [-0.39, 0.29) is 37.3 Å². The van der Waals surface area contributed by atoms with Gasteiger partial charge in [0.15, 0.2) is 0 Å². The van der Waals surface area contributed by atoms with Crippen LogP contribution >= 0.6 is 36.6 Å². The van der Waals surface area contributed by atoms with Crippen molar-refractivity contribution in [3.8, 4) is 0 Å². The molecule has 0 aliphatic carbocycles. The molecule has 0 bridgehead atoms. The number of carbonyl (C=O) groups excluding carboxylic acids is 1. The third kappa shape index (κ3) is 6.24. The highest BCUT2D eigenvalue weighted by atomic mass is 35.5. The second-order valence-electron chi connectivity index (χ2n) is 5.55. The number of furan rings is 1. The van der Waals surface area contributed by atoms with Gasteiger partial charge < -0.3 is 15.5 Å². The highest BCUT2D eigenvalue weighted by Crippen LogP contribution is 2.17. The summed E-state index contributed by atoms with van der Waals surface area (Å²) in [7, 11) is 0.